The van der Waals surface area contributed by atoms with Crippen molar-refractivity contribution in [2.45, 2.75) is 0 Å². The van der Waals surface area contributed by atoms with Gasteiger partial charge in [-0.1, -0.05) is 0 Å². The summed E-state index contributed by atoms with van der Waals surface area (Å²) < 4.78 is 15.8. The van der Waals surface area contributed by atoms with E-state index in [1.807, 2.05) is 0 Å². The predicted molar refractivity (Wildman–Crippen MR) is 68.6 cm³/mol. The fraction of sp³-hybridized carbons (Fsp3) is 0.273. The second-order valence-corrected chi connectivity index (χ2v) is 3.76. The number of methoxy groups -OCH3 is 3. The Morgan fingerprint density at radius 2 is 1.72 bits per heavy atom. The smallest absolute Gasteiger partial charge is 0.224 e. The van der Waals surface area contributed by atoms with Crippen molar-refractivity contribution < 1.29 is 14.2 Å². The lowest BCUT2D eigenvalue weighted by Crippen LogP contribution is -2.01. The molecule has 0 atom stereocenters. The van der Waals surface area contributed by atoms with Gasteiger partial charge in [0.1, 0.15) is 5.82 Å². The lowest BCUT2D eigenvalue weighted by molar-refractivity contribution is 0.327. The third-order valence-electron chi connectivity index (χ3n) is 2.49. The van der Waals surface area contributed by atoms with Gasteiger partial charge in [-0.25, -0.2) is 9.97 Å². The molecule has 18 heavy (non-hydrogen) atoms. The summed E-state index contributed by atoms with van der Waals surface area (Å²) in [5, 5.41) is 0.605. The van der Waals surface area contributed by atoms with Gasteiger partial charge < -0.3 is 19.9 Å². The monoisotopic (exact) mass is 269 g/mol. The van der Waals surface area contributed by atoms with Gasteiger partial charge in [0.15, 0.2) is 11.5 Å². The molecule has 0 fully saturated rings. The number of nitrogens with zero attached hydrogens (tertiary/aromatic N) is 2. The van der Waals surface area contributed by atoms with E-state index < -0.39 is 0 Å². The van der Waals surface area contributed by atoms with Crippen LogP contribution in [0.15, 0.2) is 6.07 Å². The van der Waals surface area contributed by atoms with Crippen LogP contribution in [0.3, 0.4) is 0 Å². The number of halogens is 1. The molecule has 96 valence electrons. The Labute approximate surface area is 109 Å². The minimum absolute atomic E-state index is 0.0641. The van der Waals surface area contributed by atoms with Gasteiger partial charge in [-0.3, -0.25) is 0 Å². The van der Waals surface area contributed by atoms with Gasteiger partial charge in [0.05, 0.1) is 32.2 Å². The number of aromatic nitrogens is 2. The number of hydrogen-bond donors (Lipinski definition) is 1. The van der Waals surface area contributed by atoms with E-state index in [1.165, 1.54) is 21.3 Å². The average molecular weight is 270 g/mol. The maximum Gasteiger partial charge on any atom is 0.224 e. The maximum atomic E-state index is 5.84. The molecule has 1 aromatic carbocycles. The molecule has 0 spiro atoms. The molecule has 1 aromatic heterocycles. The Bertz CT molecular complexity index is 604. The average Bonchev–Trinajstić information content (AvgIpc) is 2.35. The summed E-state index contributed by atoms with van der Waals surface area (Å²) in [6.07, 6.45) is 0. The number of rotatable bonds is 3. The Kier molecular flexibility index (Phi) is 3.29. The second kappa shape index (κ2) is 4.73. The minimum Gasteiger partial charge on any atom is -0.493 e. The van der Waals surface area contributed by atoms with E-state index in [1.54, 1.807) is 6.07 Å². The Morgan fingerprint density at radius 1 is 1.06 bits per heavy atom. The summed E-state index contributed by atoms with van der Waals surface area (Å²) in [7, 11) is 4.54. The fourth-order valence-corrected chi connectivity index (χ4v) is 1.94. The van der Waals surface area contributed by atoms with Crippen molar-refractivity contribution in [1.29, 1.82) is 0 Å². The van der Waals surface area contributed by atoms with Gasteiger partial charge in [-0.05, 0) is 11.6 Å². The highest BCUT2D eigenvalue weighted by molar-refractivity contribution is 6.29. The second-order valence-electron chi connectivity index (χ2n) is 3.42. The van der Waals surface area contributed by atoms with Crippen molar-refractivity contribution in [2.75, 3.05) is 27.1 Å². The molecule has 0 aliphatic carbocycles. The summed E-state index contributed by atoms with van der Waals surface area (Å²) in [5.74, 6) is 1.56. The lowest BCUT2D eigenvalue weighted by atomic mass is 10.2. The molecular weight excluding hydrogens is 258 g/mol. The number of ether oxygens (including phenoxy) is 3. The molecule has 7 heteroatoms. The molecule has 2 aromatic rings. The Balaban J connectivity index is 2.92. The van der Waals surface area contributed by atoms with E-state index in [9.17, 15) is 0 Å². The van der Waals surface area contributed by atoms with Crippen molar-refractivity contribution in [1.82, 2.24) is 9.97 Å². The predicted octanol–water partition coefficient (Wildman–Crippen LogP) is 1.89. The highest BCUT2D eigenvalue weighted by Crippen LogP contribution is 2.44. The quantitative estimate of drug-likeness (QED) is 0.857. The molecule has 1 heterocycles. The van der Waals surface area contributed by atoms with Crippen LogP contribution in [0.1, 0.15) is 0 Å². The molecule has 0 unspecified atom stereocenters. The highest BCUT2D eigenvalue weighted by Gasteiger charge is 2.19. The first-order chi connectivity index (χ1) is 8.62. The van der Waals surface area contributed by atoms with Crippen LogP contribution in [0.4, 0.5) is 5.82 Å². The van der Waals surface area contributed by atoms with Crippen LogP contribution in [0.25, 0.3) is 10.9 Å². The van der Waals surface area contributed by atoms with Gasteiger partial charge in [0.25, 0.3) is 0 Å². The standard InChI is InChI=1S/C11H12ClN3O3/c1-16-6-4-5-7(9(18-3)8(6)17-2)10(13)15-11(12)14-5/h4H,1-3H3,(H2,13,14,15). The van der Waals surface area contributed by atoms with E-state index in [-0.39, 0.29) is 11.1 Å². The van der Waals surface area contributed by atoms with Crippen LogP contribution < -0.4 is 19.9 Å². The van der Waals surface area contributed by atoms with E-state index in [0.29, 0.717) is 28.2 Å². The summed E-state index contributed by atoms with van der Waals surface area (Å²) in [4.78, 5) is 7.98. The van der Waals surface area contributed by atoms with Gasteiger partial charge in [0.2, 0.25) is 11.0 Å². The van der Waals surface area contributed by atoms with E-state index in [2.05, 4.69) is 9.97 Å². The molecule has 0 saturated carbocycles. The van der Waals surface area contributed by atoms with Crippen molar-refractivity contribution in [3.8, 4) is 17.2 Å². The molecule has 0 aliphatic heterocycles. The third-order valence-corrected chi connectivity index (χ3v) is 2.66. The number of hydrogen-bond acceptors (Lipinski definition) is 6. The molecule has 0 amide bonds. The van der Waals surface area contributed by atoms with E-state index in [0.717, 1.165) is 0 Å². The SMILES string of the molecule is COc1cc2nc(Cl)nc(N)c2c(OC)c1OC. The van der Waals surface area contributed by atoms with Crippen LogP contribution in [0, 0.1) is 0 Å². The summed E-state index contributed by atoms with van der Waals surface area (Å²) in [5.41, 5.74) is 6.37. The van der Waals surface area contributed by atoms with Gasteiger partial charge in [-0.2, -0.15) is 0 Å². The van der Waals surface area contributed by atoms with Gasteiger partial charge >= 0.3 is 0 Å². The van der Waals surface area contributed by atoms with Gasteiger partial charge in [-0.15, -0.1) is 0 Å². The van der Waals surface area contributed by atoms with Crippen LogP contribution in [-0.4, -0.2) is 31.3 Å². The van der Waals surface area contributed by atoms with Crippen molar-refractivity contribution in [3.63, 3.8) is 0 Å². The first-order valence-electron chi connectivity index (χ1n) is 5.04. The molecule has 0 bridgehead atoms. The molecule has 2 N–H and O–H groups in total. The molecule has 2 rings (SSSR count). The van der Waals surface area contributed by atoms with Crippen LogP contribution in [0.2, 0.25) is 5.28 Å². The van der Waals surface area contributed by atoms with Crippen molar-refractivity contribution in [3.05, 3.63) is 11.3 Å². The molecule has 0 radical (unpaired) electrons. The van der Waals surface area contributed by atoms with Crippen molar-refractivity contribution in [2.24, 2.45) is 0 Å². The number of nitrogen functional groups attached to an aromatic ring is 1. The number of anilines is 1. The number of benzene rings is 1. The largest absolute Gasteiger partial charge is 0.493 e. The summed E-state index contributed by atoms with van der Waals surface area (Å²) in [6.45, 7) is 0. The first-order valence-corrected chi connectivity index (χ1v) is 5.41. The molecule has 0 saturated heterocycles. The minimum atomic E-state index is 0.0641. The molecule has 6 nitrogen and oxygen atoms in total. The number of fused-ring (bicyclic) bond motifs is 1. The molecule has 0 aliphatic rings. The topological polar surface area (TPSA) is 79.5 Å². The lowest BCUT2D eigenvalue weighted by Gasteiger charge is -2.15. The first kappa shape index (κ1) is 12.5. The van der Waals surface area contributed by atoms with Gasteiger partial charge in [0, 0.05) is 6.07 Å². The van der Waals surface area contributed by atoms with E-state index >= 15 is 0 Å². The van der Waals surface area contributed by atoms with E-state index in [4.69, 9.17) is 31.5 Å². The Morgan fingerprint density at radius 3 is 2.28 bits per heavy atom. The molecular formula is C11H12ClN3O3. The zero-order valence-corrected chi connectivity index (χ0v) is 10.9. The normalized spacial score (nSPS) is 10.4. The third kappa shape index (κ3) is 1.84. The van der Waals surface area contributed by atoms with Crippen LogP contribution in [-0.2, 0) is 0 Å². The Hall–Kier alpha value is -1.95. The summed E-state index contributed by atoms with van der Waals surface area (Å²) in [6, 6.07) is 1.67. The fourth-order valence-electron chi connectivity index (χ4n) is 1.76. The highest BCUT2D eigenvalue weighted by atomic mass is 35.5. The number of nitrogens with two attached hydrogens (primary N) is 1. The zero-order chi connectivity index (χ0) is 13.3. The van der Waals surface area contributed by atoms with Crippen LogP contribution in [0.5, 0.6) is 17.2 Å². The zero-order valence-electron chi connectivity index (χ0n) is 10.2. The van der Waals surface area contributed by atoms with Crippen LogP contribution >= 0.6 is 11.6 Å². The van der Waals surface area contributed by atoms with Crippen molar-refractivity contribution >= 4 is 28.3 Å². The maximum absolute atomic E-state index is 5.84. The summed E-state index contributed by atoms with van der Waals surface area (Å²) >= 11 is 5.77.